The van der Waals surface area contributed by atoms with E-state index in [1.165, 1.54) is 24.1 Å². The van der Waals surface area contributed by atoms with Crippen molar-refractivity contribution < 1.29 is 19.8 Å². The summed E-state index contributed by atoms with van der Waals surface area (Å²) in [6.45, 7) is 2.78. The number of hydrogen-bond acceptors (Lipinski definition) is 11. The van der Waals surface area contributed by atoms with Crippen LogP contribution < -0.4 is 20.9 Å². The van der Waals surface area contributed by atoms with E-state index in [2.05, 4.69) is 60.8 Å². The molecule has 1 aromatic carbocycles. The first kappa shape index (κ1) is 32.6. The number of aromatic amines is 1. The number of likely N-dealkylation sites (tertiary alicyclic amines) is 1. The molecule has 2 fully saturated rings. The van der Waals surface area contributed by atoms with Crippen LogP contribution in [0.5, 0.6) is 0 Å². The van der Waals surface area contributed by atoms with E-state index in [0.29, 0.717) is 24.7 Å². The molecule has 1 atom stereocenters. The largest absolute Gasteiger partial charge is 0.364 e. The normalized spacial score (nSPS) is 17.4. The van der Waals surface area contributed by atoms with Crippen molar-refractivity contribution in [3.8, 4) is 22.5 Å². The fourth-order valence-electron chi connectivity index (χ4n) is 7.10. The van der Waals surface area contributed by atoms with E-state index in [4.69, 9.17) is 5.10 Å². The summed E-state index contributed by atoms with van der Waals surface area (Å²) >= 11 is 0. The van der Waals surface area contributed by atoms with Crippen LogP contribution in [-0.4, -0.2) is 83.8 Å². The zero-order chi connectivity index (χ0) is 35.4. The van der Waals surface area contributed by atoms with Crippen LogP contribution in [0.2, 0.25) is 0 Å². The van der Waals surface area contributed by atoms with Gasteiger partial charge in [-0.1, -0.05) is 25.1 Å². The maximum Gasteiger partial charge on any atom is 0.271 e. The lowest BCUT2D eigenvalue weighted by atomic mass is 9.91. The maximum atomic E-state index is 12.6. The number of carbonyl (C=O) groups excluding carboxylic acids is 2. The first-order valence-corrected chi connectivity index (χ1v) is 17.1. The minimum Gasteiger partial charge on any atom is -0.364 e. The lowest BCUT2D eigenvalue weighted by Crippen LogP contribution is -2.59. The van der Waals surface area contributed by atoms with Gasteiger partial charge in [0.25, 0.3) is 11.8 Å². The molecule has 0 radical (unpaired) electrons. The Bertz CT molecular complexity index is 2120. The van der Waals surface area contributed by atoms with Gasteiger partial charge in [0.1, 0.15) is 23.0 Å². The molecule has 4 aromatic heterocycles. The van der Waals surface area contributed by atoms with Gasteiger partial charge in [0.2, 0.25) is 5.91 Å². The summed E-state index contributed by atoms with van der Waals surface area (Å²) in [7, 11) is 3.57. The minimum atomic E-state index is -2.36. The number of H-pyrrole nitrogens is 1. The van der Waals surface area contributed by atoms with Crippen molar-refractivity contribution in [1.82, 2.24) is 39.9 Å². The van der Waals surface area contributed by atoms with E-state index in [1.807, 2.05) is 29.1 Å². The highest BCUT2D eigenvalue weighted by Crippen LogP contribution is 2.50. The smallest absolute Gasteiger partial charge is 0.271 e. The number of rotatable bonds is 10. The average molecular weight is 690 g/mol. The predicted molar refractivity (Wildman–Crippen MR) is 190 cm³/mol. The number of nitrogens with zero attached hydrogens (tertiary/aromatic N) is 7. The van der Waals surface area contributed by atoms with Crippen LogP contribution in [0.4, 0.5) is 22.9 Å². The van der Waals surface area contributed by atoms with E-state index in [0.717, 1.165) is 58.7 Å². The van der Waals surface area contributed by atoms with Crippen LogP contribution in [0.3, 0.4) is 0 Å². The lowest BCUT2D eigenvalue weighted by Gasteiger charge is -2.47. The highest BCUT2D eigenvalue weighted by atomic mass is 16.5. The number of benzene rings is 1. The molecule has 1 aliphatic carbocycles. The van der Waals surface area contributed by atoms with Gasteiger partial charge in [0.15, 0.2) is 0 Å². The molecular weight excluding hydrogens is 650 g/mol. The van der Waals surface area contributed by atoms with Gasteiger partial charge in [0, 0.05) is 68.9 Å². The summed E-state index contributed by atoms with van der Waals surface area (Å²) in [6.07, 6.45) is 9.65. The van der Waals surface area contributed by atoms with Crippen molar-refractivity contribution in [2.24, 2.45) is 5.92 Å². The number of para-hydroxylation sites is 1. The number of fused-ring (bicyclic) bond motifs is 3. The molecule has 5 aromatic rings. The van der Waals surface area contributed by atoms with Gasteiger partial charge in [-0.3, -0.25) is 14.3 Å². The molecule has 15 nitrogen and oxygen atoms in total. The van der Waals surface area contributed by atoms with Gasteiger partial charge in [-0.05, 0) is 37.5 Å². The van der Waals surface area contributed by atoms with Crippen LogP contribution in [0.25, 0.3) is 22.5 Å². The average Bonchev–Trinajstić information content (AvgIpc) is 3.67. The second kappa shape index (κ2) is 12.6. The number of amides is 2. The second-order valence-corrected chi connectivity index (χ2v) is 13.2. The Morgan fingerprint density at radius 2 is 1.82 bits per heavy atom. The number of hydrogen-bond donors (Lipinski definition) is 6. The van der Waals surface area contributed by atoms with Crippen molar-refractivity contribution >= 4 is 34.7 Å². The third kappa shape index (κ3) is 5.68. The first-order chi connectivity index (χ1) is 24.7. The van der Waals surface area contributed by atoms with Crippen molar-refractivity contribution in [1.29, 1.82) is 0 Å². The highest BCUT2D eigenvalue weighted by Gasteiger charge is 2.46. The Kier molecular flexibility index (Phi) is 8.04. The summed E-state index contributed by atoms with van der Waals surface area (Å²) in [5, 5.41) is 36.3. The number of pyridine rings is 2. The van der Waals surface area contributed by atoms with Gasteiger partial charge in [-0.2, -0.15) is 5.10 Å². The zero-order valence-electron chi connectivity index (χ0n) is 28.5. The summed E-state index contributed by atoms with van der Waals surface area (Å²) < 4.78 is 2.01. The Hall–Kier alpha value is -5.64. The molecule has 6 heterocycles. The summed E-state index contributed by atoms with van der Waals surface area (Å²) in [4.78, 5) is 44.8. The Morgan fingerprint density at radius 1 is 1.02 bits per heavy atom. The Labute approximate surface area is 293 Å². The van der Waals surface area contributed by atoms with E-state index >= 15 is 0 Å². The predicted octanol–water partition coefficient (Wildman–Crippen LogP) is 3.73. The number of imidazole rings is 1. The molecule has 2 aliphatic heterocycles. The van der Waals surface area contributed by atoms with Crippen molar-refractivity contribution in [2.45, 2.75) is 44.2 Å². The van der Waals surface area contributed by atoms with Gasteiger partial charge in [0.05, 0.1) is 46.6 Å². The lowest BCUT2D eigenvalue weighted by molar-refractivity contribution is -0.302. The van der Waals surface area contributed by atoms with E-state index in [-0.39, 0.29) is 35.3 Å². The molecule has 6 N–H and O–H groups in total. The van der Waals surface area contributed by atoms with Gasteiger partial charge < -0.3 is 36.0 Å². The fourth-order valence-corrected chi connectivity index (χ4v) is 7.10. The van der Waals surface area contributed by atoms with Gasteiger partial charge >= 0.3 is 0 Å². The molecule has 8 rings (SSSR count). The van der Waals surface area contributed by atoms with Crippen molar-refractivity contribution in [2.75, 3.05) is 42.7 Å². The van der Waals surface area contributed by atoms with Gasteiger partial charge in [-0.25, -0.2) is 19.9 Å². The van der Waals surface area contributed by atoms with E-state index in [1.54, 1.807) is 24.7 Å². The fraction of sp³-hybridized carbons (Fsp3) is 0.333. The molecule has 262 valence electrons. The molecule has 1 unspecified atom stereocenters. The summed E-state index contributed by atoms with van der Waals surface area (Å²) in [5.41, 5.74) is 6.53. The van der Waals surface area contributed by atoms with E-state index < -0.39 is 11.8 Å². The molecule has 0 bridgehead atoms. The number of nitrogens with one attached hydrogen (secondary N) is 4. The van der Waals surface area contributed by atoms with Crippen LogP contribution >= 0.6 is 0 Å². The minimum absolute atomic E-state index is 0.0171. The SMILES string of the molecule is CCC1c2c(cnn2C2CN(C(O)(O)c3cccc(C(=O)NC)n3)C2)-c2cccc(Nc3cc(NC(=O)C4CC4)ncc3-c3ncc[nH]3)c2N1C. The summed E-state index contributed by atoms with van der Waals surface area (Å²) in [5.74, 6) is -1.62. The molecule has 3 aliphatic rings. The number of aliphatic hydroxyl groups is 2. The van der Waals surface area contributed by atoms with E-state index in [9.17, 15) is 19.8 Å². The molecule has 1 saturated carbocycles. The highest BCUT2D eigenvalue weighted by molar-refractivity contribution is 5.96. The van der Waals surface area contributed by atoms with Crippen LogP contribution in [0.15, 0.2) is 67.3 Å². The third-order valence-electron chi connectivity index (χ3n) is 10.0. The number of anilines is 4. The molecule has 15 heteroatoms. The second-order valence-electron chi connectivity index (χ2n) is 13.2. The molecule has 1 saturated heterocycles. The Balaban J connectivity index is 1.09. The van der Waals surface area contributed by atoms with Crippen LogP contribution in [-0.2, 0) is 10.7 Å². The monoisotopic (exact) mass is 689 g/mol. The van der Waals surface area contributed by atoms with Gasteiger partial charge in [-0.15, -0.1) is 0 Å². The van der Waals surface area contributed by atoms with Crippen molar-refractivity contribution in [3.63, 3.8) is 0 Å². The maximum absolute atomic E-state index is 12.6. The molecule has 51 heavy (non-hydrogen) atoms. The van der Waals surface area contributed by atoms with Crippen molar-refractivity contribution in [3.05, 3.63) is 84.3 Å². The standard InChI is InChI=1S/C36H39N11O4/c1-4-28-32-23(17-41-47(32)21-18-46(19-21)36(50,51)29-10-6-9-26(43-29)35(49)37-2)22-7-5-8-25(31(22)45(28)3)42-27-15-30(44-34(48)20-11-12-20)40-16-24(27)33-38-13-14-39-33/h5-10,13-17,20-21,28,50-51H,4,11-12,18-19H2,1-3H3,(H,37,49)(H,38,39)(H2,40,42,44,48). The Morgan fingerprint density at radius 3 is 2.55 bits per heavy atom. The molecule has 2 amide bonds. The zero-order valence-corrected chi connectivity index (χ0v) is 28.5. The number of carbonyl (C=O) groups is 2. The third-order valence-corrected chi connectivity index (χ3v) is 10.0. The molecular formula is C36H39N11O4. The van der Waals surface area contributed by atoms with Crippen LogP contribution in [0, 0.1) is 5.92 Å². The topological polar surface area (TPSA) is 189 Å². The van der Waals surface area contributed by atoms with Crippen LogP contribution in [0.1, 0.15) is 60.1 Å². The quantitative estimate of drug-likeness (QED) is 0.117. The number of aromatic nitrogens is 6. The first-order valence-electron chi connectivity index (χ1n) is 17.1. The molecule has 0 spiro atoms. The summed E-state index contributed by atoms with van der Waals surface area (Å²) in [6, 6.07) is 12.4.